The minimum atomic E-state index is -0.584. The number of aromatic nitrogens is 1. The van der Waals surface area contributed by atoms with E-state index >= 15 is 0 Å². The number of hydrogen-bond acceptors (Lipinski definition) is 5. The van der Waals surface area contributed by atoms with Crippen LogP contribution in [0.3, 0.4) is 0 Å². The van der Waals surface area contributed by atoms with Crippen LogP contribution in [0.1, 0.15) is 98.9 Å². The molecule has 0 atom stereocenters. The maximum Gasteiger partial charge on any atom is 0.355 e. The fourth-order valence-electron chi connectivity index (χ4n) is 3.99. The van der Waals surface area contributed by atoms with Crippen molar-refractivity contribution in [3.8, 4) is 0 Å². The van der Waals surface area contributed by atoms with Gasteiger partial charge < -0.3 is 9.30 Å². The summed E-state index contributed by atoms with van der Waals surface area (Å²) < 4.78 is 6.76. The van der Waals surface area contributed by atoms with Gasteiger partial charge in [0.25, 0.3) is 5.69 Å². The van der Waals surface area contributed by atoms with Crippen LogP contribution in [0.2, 0.25) is 0 Å². The number of Topliss-reactive ketones (excluding diaryl/α,β-unsaturated/α-hetero) is 1. The smallest absolute Gasteiger partial charge is 0.355 e. The lowest BCUT2D eigenvalue weighted by Crippen LogP contribution is -2.14. The first kappa shape index (κ1) is 24.6. The maximum atomic E-state index is 13.1. The molecule has 1 heterocycles. The van der Waals surface area contributed by atoms with Gasteiger partial charge in [0.15, 0.2) is 5.78 Å². The number of nitrogens with zero attached hydrogens (tertiary/aromatic N) is 2. The molecule has 0 unspecified atom stereocenters. The Balaban J connectivity index is 2.13. The molecule has 2 aromatic rings. The zero-order chi connectivity index (χ0) is 22.8. The summed E-state index contributed by atoms with van der Waals surface area (Å²) in [5.41, 5.74) is 0.896. The van der Waals surface area contributed by atoms with E-state index in [1.165, 1.54) is 50.7 Å². The van der Waals surface area contributed by atoms with Crippen molar-refractivity contribution in [2.24, 2.45) is 7.05 Å². The standard InChI is InChI=1S/C24H34N2O5/c1-4-6-7-8-9-10-11-12-13-14-21(27)22-19-17-18(26(29)30)15-16-20(19)25(3)23(22)24(28)31-5-2/h15-17H,4-14H2,1-3H3. The van der Waals surface area contributed by atoms with Crippen molar-refractivity contribution in [1.29, 1.82) is 0 Å². The number of ether oxygens (including phenoxy) is 1. The first-order chi connectivity index (χ1) is 14.9. The van der Waals surface area contributed by atoms with Crippen molar-refractivity contribution < 1.29 is 19.2 Å². The van der Waals surface area contributed by atoms with Crippen molar-refractivity contribution in [3.63, 3.8) is 0 Å². The molecule has 170 valence electrons. The highest BCUT2D eigenvalue weighted by molar-refractivity contribution is 6.16. The lowest BCUT2D eigenvalue weighted by Gasteiger charge is -2.07. The molecule has 0 amide bonds. The van der Waals surface area contributed by atoms with E-state index in [0.29, 0.717) is 17.3 Å². The Morgan fingerprint density at radius 1 is 1.00 bits per heavy atom. The average molecular weight is 431 g/mol. The van der Waals surface area contributed by atoms with Crippen LogP contribution in [0, 0.1) is 10.1 Å². The molecule has 0 radical (unpaired) electrons. The molecule has 0 aliphatic heterocycles. The second-order valence-electron chi connectivity index (χ2n) is 7.96. The van der Waals surface area contributed by atoms with Gasteiger partial charge in [-0.25, -0.2) is 4.79 Å². The summed E-state index contributed by atoms with van der Waals surface area (Å²) >= 11 is 0. The number of carbonyl (C=O) groups excluding carboxylic acids is 2. The third-order valence-electron chi connectivity index (χ3n) is 5.65. The minimum absolute atomic E-state index is 0.106. The Bertz CT molecular complexity index is 916. The van der Waals surface area contributed by atoms with E-state index in [1.807, 2.05) is 0 Å². The Morgan fingerprint density at radius 2 is 1.61 bits per heavy atom. The van der Waals surface area contributed by atoms with Crippen LogP contribution in [-0.4, -0.2) is 27.8 Å². The molecule has 31 heavy (non-hydrogen) atoms. The van der Waals surface area contributed by atoms with Gasteiger partial charge in [-0.3, -0.25) is 14.9 Å². The molecule has 1 aromatic carbocycles. The largest absolute Gasteiger partial charge is 0.461 e. The quantitative estimate of drug-likeness (QED) is 0.114. The maximum absolute atomic E-state index is 13.1. The van der Waals surface area contributed by atoms with E-state index in [4.69, 9.17) is 4.74 Å². The van der Waals surface area contributed by atoms with Gasteiger partial charge >= 0.3 is 5.97 Å². The van der Waals surface area contributed by atoms with Crippen LogP contribution in [0.4, 0.5) is 5.69 Å². The van der Waals surface area contributed by atoms with Gasteiger partial charge in [0.1, 0.15) is 5.69 Å². The summed E-state index contributed by atoms with van der Waals surface area (Å²) in [6.07, 6.45) is 10.6. The number of fused-ring (bicyclic) bond motifs is 1. The zero-order valence-electron chi connectivity index (χ0n) is 18.9. The van der Waals surface area contributed by atoms with E-state index in [-0.39, 0.29) is 29.3 Å². The summed E-state index contributed by atoms with van der Waals surface area (Å²) in [7, 11) is 1.68. The Kier molecular flexibility index (Phi) is 9.69. The molecular formula is C24H34N2O5. The number of hydrogen-bond donors (Lipinski definition) is 0. The Labute approximate surface area is 183 Å². The van der Waals surface area contributed by atoms with Crippen LogP contribution in [-0.2, 0) is 11.8 Å². The van der Waals surface area contributed by atoms with Crippen molar-refractivity contribution in [2.45, 2.75) is 78.1 Å². The predicted molar refractivity (Wildman–Crippen MR) is 122 cm³/mol. The van der Waals surface area contributed by atoms with Crippen molar-refractivity contribution in [3.05, 3.63) is 39.6 Å². The molecule has 0 N–H and O–H groups in total. The molecular weight excluding hydrogens is 396 g/mol. The lowest BCUT2D eigenvalue weighted by molar-refractivity contribution is -0.384. The average Bonchev–Trinajstić information content (AvgIpc) is 3.04. The fourth-order valence-corrected chi connectivity index (χ4v) is 3.99. The monoisotopic (exact) mass is 430 g/mol. The van der Waals surface area contributed by atoms with E-state index in [1.54, 1.807) is 24.6 Å². The van der Waals surface area contributed by atoms with Gasteiger partial charge in [0.05, 0.1) is 17.1 Å². The number of nitro groups is 1. The zero-order valence-corrected chi connectivity index (χ0v) is 18.9. The molecule has 0 bridgehead atoms. The first-order valence-corrected chi connectivity index (χ1v) is 11.4. The number of nitro benzene ring substituents is 1. The Morgan fingerprint density at radius 3 is 2.19 bits per heavy atom. The molecule has 0 aliphatic carbocycles. The topological polar surface area (TPSA) is 91.4 Å². The molecule has 0 saturated heterocycles. The highest BCUT2D eigenvalue weighted by atomic mass is 16.6. The number of esters is 1. The van der Waals surface area contributed by atoms with Gasteiger partial charge in [-0.05, 0) is 19.4 Å². The van der Waals surface area contributed by atoms with Crippen molar-refractivity contribution in [2.75, 3.05) is 6.61 Å². The number of rotatable bonds is 14. The minimum Gasteiger partial charge on any atom is -0.461 e. The van der Waals surface area contributed by atoms with E-state index < -0.39 is 10.9 Å². The van der Waals surface area contributed by atoms with Gasteiger partial charge in [0.2, 0.25) is 0 Å². The summed E-state index contributed by atoms with van der Waals surface area (Å²) in [6, 6.07) is 4.33. The lowest BCUT2D eigenvalue weighted by atomic mass is 10.00. The van der Waals surface area contributed by atoms with Gasteiger partial charge in [-0.1, -0.05) is 58.3 Å². The van der Waals surface area contributed by atoms with E-state index in [9.17, 15) is 19.7 Å². The highest BCUT2D eigenvalue weighted by Crippen LogP contribution is 2.31. The normalized spacial score (nSPS) is 11.1. The third kappa shape index (κ3) is 6.39. The molecule has 7 heteroatoms. The molecule has 0 spiro atoms. The van der Waals surface area contributed by atoms with E-state index in [2.05, 4.69) is 6.92 Å². The fraction of sp³-hybridized carbons (Fsp3) is 0.583. The third-order valence-corrected chi connectivity index (χ3v) is 5.65. The highest BCUT2D eigenvalue weighted by Gasteiger charge is 2.27. The Hall–Kier alpha value is -2.70. The number of non-ortho nitro benzene ring substituents is 1. The first-order valence-electron chi connectivity index (χ1n) is 11.4. The second-order valence-corrected chi connectivity index (χ2v) is 7.96. The van der Waals surface area contributed by atoms with Crippen LogP contribution in [0.5, 0.6) is 0 Å². The molecule has 0 aliphatic rings. The van der Waals surface area contributed by atoms with Gasteiger partial charge in [-0.15, -0.1) is 0 Å². The van der Waals surface area contributed by atoms with Crippen molar-refractivity contribution in [1.82, 2.24) is 4.57 Å². The van der Waals surface area contributed by atoms with Crippen LogP contribution >= 0.6 is 0 Å². The summed E-state index contributed by atoms with van der Waals surface area (Å²) in [5, 5.41) is 11.7. The van der Waals surface area contributed by atoms with Crippen LogP contribution < -0.4 is 0 Å². The molecule has 2 rings (SSSR count). The number of carbonyl (C=O) groups is 2. The van der Waals surface area contributed by atoms with Crippen LogP contribution in [0.15, 0.2) is 18.2 Å². The predicted octanol–water partition coefficient (Wildman–Crippen LogP) is 6.37. The molecule has 1 aromatic heterocycles. The SMILES string of the molecule is CCCCCCCCCCCC(=O)c1c(C(=O)OCC)n(C)c2ccc([N+](=O)[O-])cc12. The van der Waals surface area contributed by atoms with E-state index in [0.717, 1.165) is 19.3 Å². The van der Waals surface area contributed by atoms with Gasteiger partial charge in [-0.2, -0.15) is 0 Å². The number of benzene rings is 1. The molecule has 0 saturated carbocycles. The van der Waals surface area contributed by atoms with Crippen molar-refractivity contribution >= 4 is 28.3 Å². The second kappa shape index (κ2) is 12.2. The number of aryl methyl sites for hydroxylation is 1. The molecule has 7 nitrogen and oxygen atoms in total. The number of unbranched alkanes of at least 4 members (excludes halogenated alkanes) is 8. The summed E-state index contributed by atoms with van der Waals surface area (Å²) in [4.78, 5) is 36.4. The van der Waals surface area contributed by atoms with Crippen LogP contribution in [0.25, 0.3) is 10.9 Å². The summed E-state index contributed by atoms with van der Waals surface area (Å²) in [5.74, 6) is -0.753. The summed E-state index contributed by atoms with van der Waals surface area (Å²) in [6.45, 7) is 4.10. The molecule has 0 fully saturated rings. The van der Waals surface area contributed by atoms with Gasteiger partial charge in [0, 0.05) is 36.5 Å². The number of ketones is 1.